The fourth-order valence-electron chi connectivity index (χ4n) is 1.03. The first-order valence-corrected chi connectivity index (χ1v) is 5.19. The largest absolute Gasteiger partial charge is 0.306 e. The van der Waals surface area contributed by atoms with Crippen LogP contribution in [-0.4, -0.2) is 12.8 Å². The third-order valence-corrected chi connectivity index (χ3v) is 3.26. The summed E-state index contributed by atoms with van der Waals surface area (Å²) in [6.45, 7) is 1.59. The van der Waals surface area contributed by atoms with Crippen LogP contribution < -0.4 is 5.32 Å². The van der Waals surface area contributed by atoms with Crippen LogP contribution in [0.4, 0.5) is 0 Å². The maximum atomic E-state index is 11.1. The number of likely N-dealkylation sites (N-methyl/N-ethyl adjacent to an activating group) is 1. The maximum absolute atomic E-state index is 11.1. The number of carbonyl (C=O) groups excluding carboxylic acids is 1. The van der Waals surface area contributed by atoms with E-state index in [1.165, 1.54) is 0 Å². The van der Waals surface area contributed by atoms with Gasteiger partial charge in [0, 0.05) is 4.88 Å². The van der Waals surface area contributed by atoms with Crippen LogP contribution in [0.1, 0.15) is 17.8 Å². The average Bonchev–Trinajstić information content (AvgIpc) is 2.37. The molecule has 0 spiro atoms. The summed E-state index contributed by atoms with van der Waals surface area (Å²) in [6, 6.07) is 3.76. The second-order valence-electron chi connectivity index (χ2n) is 2.47. The minimum absolute atomic E-state index is 0.145. The molecular weight excluding hydrogens is 238 g/mol. The number of carbonyl (C=O) groups is 1. The van der Waals surface area contributed by atoms with Crippen LogP contribution in [0.25, 0.3) is 0 Å². The molecule has 1 unspecified atom stereocenters. The van der Waals surface area contributed by atoms with Crippen LogP contribution in [-0.2, 0) is 4.79 Å². The van der Waals surface area contributed by atoms with E-state index in [1.54, 1.807) is 25.3 Å². The molecule has 1 rings (SSSR count). The van der Waals surface area contributed by atoms with Crippen LogP contribution in [0.15, 0.2) is 15.9 Å². The van der Waals surface area contributed by atoms with Crippen LogP contribution in [0.5, 0.6) is 0 Å². The highest BCUT2D eigenvalue weighted by Gasteiger charge is 2.15. The molecule has 0 radical (unpaired) electrons. The molecule has 1 heterocycles. The molecule has 1 aromatic rings. The van der Waals surface area contributed by atoms with Gasteiger partial charge in [-0.05, 0) is 42.0 Å². The summed E-state index contributed by atoms with van der Waals surface area (Å²) in [4.78, 5) is 12.2. The minimum Gasteiger partial charge on any atom is -0.306 e. The third-order valence-electron chi connectivity index (χ3n) is 1.57. The van der Waals surface area contributed by atoms with E-state index in [1.807, 2.05) is 12.1 Å². The molecule has 0 fully saturated rings. The van der Waals surface area contributed by atoms with Gasteiger partial charge in [0.2, 0.25) is 0 Å². The van der Waals surface area contributed by atoms with Gasteiger partial charge in [0.1, 0.15) is 6.04 Å². The number of ketones is 1. The summed E-state index contributed by atoms with van der Waals surface area (Å²) in [7, 11) is 1.79. The van der Waals surface area contributed by atoms with Gasteiger partial charge in [-0.1, -0.05) is 0 Å². The van der Waals surface area contributed by atoms with Gasteiger partial charge in [-0.2, -0.15) is 0 Å². The predicted octanol–water partition coefficient (Wildman–Crippen LogP) is 2.36. The van der Waals surface area contributed by atoms with Crippen molar-refractivity contribution in [1.82, 2.24) is 5.32 Å². The molecule has 0 amide bonds. The van der Waals surface area contributed by atoms with Crippen molar-refractivity contribution in [2.45, 2.75) is 13.0 Å². The van der Waals surface area contributed by atoms with E-state index in [9.17, 15) is 4.79 Å². The van der Waals surface area contributed by atoms with E-state index in [4.69, 9.17) is 0 Å². The molecule has 0 aliphatic rings. The maximum Gasteiger partial charge on any atom is 0.152 e. The predicted molar refractivity (Wildman–Crippen MR) is 54.5 cm³/mol. The number of rotatable bonds is 3. The summed E-state index contributed by atoms with van der Waals surface area (Å²) >= 11 is 4.94. The highest BCUT2D eigenvalue weighted by Crippen LogP contribution is 2.27. The number of hydrogen-bond donors (Lipinski definition) is 1. The second kappa shape index (κ2) is 4.16. The molecule has 1 atom stereocenters. The standard InChI is InChI=1S/C8H10BrNOS/c1-5(11)8(10-2)6-3-4-7(9)12-6/h3-4,8,10H,1-2H3. The molecule has 0 bridgehead atoms. The first kappa shape index (κ1) is 9.89. The van der Waals surface area contributed by atoms with Crippen LogP contribution in [0, 0.1) is 0 Å². The molecule has 0 aliphatic heterocycles. The van der Waals surface area contributed by atoms with Crippen LogP contribution >= 0.6 is 27.3 Å². The topological polar surface area (TPSA) is 29.1 Å². The summed E-state index contributed by atoms with van der Waals surface area (Å²) in [5.41, 5.74) is 0. The number of thiophene rings is 1. The molecular formula is C8H10BrNOS. The molecule has 0 saturated carbocycles. The Labute approximate surface area is 84.1 Å². The Balaban J connectivity index is 2.87. The summed E-state index contributed by atoms with van der Waals surface area (Å²) in [6.07, 6.45) is 0. The summed E-state index contributed by atoms with van der Waals surface area (Å²) < 4.78 is 1.05. The number of halogens is 1. The fraction of sp³-hybridized carbons (Fsp3) is 0.375. The highest BCUT2D eigenvalue weighted by atomic mass is 79.9. The van der Waals surface area contributed by atoms with Crippen molar-refractivity contribution in [1.29, 1.82) is 0 Å². The van der Waals surface area contributed by atoms with Gasteiger partial charge >= 0.3 is 0 Å². The summed E-state index contributed by atoms with van der Waals surface area (Å²) in [5.74, 6) is 0.145. The van der Waals surface area contributed by atoms with Gasteiger partial charge in [-0.15, -0.1) is 11.3 Å². The molecule has 66 valence electrons. The zero-order valence-corrected chi connectivity index (χ0v) is 9.33. The molecule has 0 saturated heterocycles. The first-order valence-electron chi connectivity index (χ1n) is 3.58. The third kappa shape index (κ3) is 2.15. The minimum atomic E-state index is -0.152. The van der Waals surface area contributed by atoms with Gasteiger partial charge in [-0.3, -0.25) is 4.79 Å². The Morgan fingerprint density at radius 3 is 2.67 bits per heavy atom. The molecule has 0 aromatic carbocycles. The fourth-order valence-corrected chi connectivity index (χ4v) is 2.62. The van der Waals surface area contributed by atoms with Gasteiger partial charge in [0.05, 0.1) is 3.79 Å². The Kier molecular flexibility index (Phi) is 3.43. The lowest BCUT2D eigenvalue weighted by Gasteiger charge is -2.09. The van der Waals surface area contributed by atoms with Crippen molar-refractivity contribution in [3.8, 4) is 0 Å². The lowest BCUT2D eigenvalue weighted by atomic mass is 10.2. The SMILES string of the molecule is CNC(C(C)=O)c1ccc(Br)s1. The zero-order valence-electron chi connectivity index (χ0n) is 6.93. The van der Waals surface area contributed by atoms with E-state index in [2.05, 4.69) is 21.2 Å². The Bertz CT molecular complexity index is 284. The monoisotopic (exact) mass is 247 g/mol. The quantitative estimate of drug-likeness (QED) is 0.889. The van der Waals surface area contributed by atoms with Gasteiger partial charge in [-0.25, -0.2) is 0 Å². The molecule has 12 heavy (non-hydrogen) atoms. The lowest BCUT2D eigenvalue weighted by Crippen LogP contribution is -2.22. The van der Waals surface area contributed by atoms with Crippen LogP contribution in [0.2, 0.25) is 0 Å². The highest BCUT2D eigenvalue weighted by molar-refractivity contribution is 9.11. The Morgan fingerprint density at radius 1 is 1.67 bits per heavy atom. The van der Waals surface area contributed by atoms with Crippen molar-refractivity contribution in [3.63, 3.8) is 0 Å². The number of nitrogens with one attached hydrogen (secondary N) is 1. The average molecular weight is 248 g/mol. The molecule has 1 N–H and O–H groups in total. The normalized spacial score (nSPS) is 12.9. The van der Waals surface area contributed by atoms with Crippen LogP contribution in [0.3, 0.4) is 0 Å². The van der Waals surface area contributed by atoms with Crippen molar-refractivity contribution in [2.24, 2.45) is 0 Å². The van der Waals surface area contributed by atoms with E-state index in [0.29, 0.717) is 0 Å². The Morgan fingerprint density at radius 2 is 2.33 bits per heavy atom. The molecule has 2 nitrogen and oxygen atoms in total. The molecule has 1 aromatic heterocycles. The molecule has 0 aliphatic carbocycles. The molecule has 4 heteroatoms. The lowest BCUT2D eigenvalue weighted by molar-refractivity contribution is -0.118. The van der Waals surface area contributed by atoms with E-state index < -0.39 is 0 Å². The van der Waals surface area contributed by atoms with Gasteiger partial charge in [0.15, 0.2) is 5.78 Å². The number of hydrogen-bond acceptors (Lipinski definition) is 3. The Hall–Kier alpha value is -0.190. The van der Waals surface area contributed by atoms with E-state index in [-0.39, 0.29) is 11.8 Å². The summed E-state index contributed by atoms with van der Waals surface area (Å²) in [5, 5.41) is 2.97. The van der Waals surface area contributed by atoms with Gasteiger partial charge < -0.3 is 5.32 Å². The van der Waals surface area contributed by atoms with E-state index >= 15 is 0 Å². The van der Waals surface area contributed by atoms with Gasteiger partial charge in [0.25, 0.3) is 0 Å². The smallest absolute Gasteiger partial charge is 0.152 e. The van der Waals surface area contributed by atoms with Crippen molar-refractivity contribution in [2.75, 3.05) is 7.05 Å². The first-order chi connectivity index (χ1) is 5.65. The number of Topliss-reactive ketones (excluding diaryl/α,β-unsaturated/α-hetero) is 1. The van der Waals surface area contributed by atoms with Crippen molar-refractivity contribution >= 4 is 33.0 Å². The van der Waals surface area contributed by atoms with E-state index in [0.717, 1.165) is 8.66 Å². The van der Waals surface area contributed by atoms with Crippen molar-refractivity contribution < 1.29 is 4.79 Å². The zero-order chi connectivity index (χ0) is 9.14. The second-order valence-corrected chi connectivity index (χ2v) is 4.97. The van der Waals surface area contributed by atoms with Crippen molar-refractivity contribution in [3.05, 3.63) is 20.8 Å².